The summed E-state index contributed by atoms with van der Waals surface area (Å²) < 4.78 is 26.6. The lowest BCUT2D eigenvalue weighted by molar-refractivity contribution is 0.114. The molecule has 0 radical (unpaired) electrons. The van der Waals surface area contributed by atoms with Gasteiger partial charge in [0, 0.05) is 35.7 Å². The average Bonchev–Trinajstić information content (AvgIpc) is 2.71. The minimum atomic E-state index is -0.561. The van der Waals surface area contributed by atoms with Crippen LogP contribution in [-0.4, -0.2) is 17.8 Å². The first kappa shape index (κ1) is 14.4. The van der Waals surface area contributed by atoms with E-state index in [0.717, 1.165) is 25.3 Å². The van der Waals surface area contributed by atoms with Crippen LogP contribution in [0.3, 0.4) is 0 Å². The van der Waals surface area contributed by atoms with Crippen LogP contribution in [-0.2, 0) is 0 Å². The minimum absolute atomic E-state index is 0.128. The highest BCUT2D eigenvalue weighted by atomic mass is 19.1. The van der Waals surface area contributed by atoms with Crippen molar-refractivity contribution in [2.75, 3.05) is 6.61 Å². The molecule has 1 aromatic carbocycles. The second kappa shape index (κ2) is 5.55. The quantitative estimate of drug-likeness (QED) is 0.880. The van der Waals surface area contributed by atoms with Gasteiger partial charge in [-0.1, -0.05) is 19.4 Å². The molecule has 0 saturated heterocycles. The molecular weight excluding hydrogens is 248 g/mol. The number of rotatable bonds is 4. The molecule has 1 aliphatic rings. The Bertz CT molecular complexity index is 452. The number of benzene rings is 1. The van der Waals surface area contributed by atoms with Crippen LogP contribution in [0.2, 0.25) is 0 Å². The number of hydrogen-bond acceptors (Lipinski definition) is 2. The molecule has 1 aliphatic carbocycles. The molecule has 2 rings (SSSR count). The predicted molar refractivity (Wildman–Crippen MR) is 70.7 cm³/mol. The van der Waals surface area contributed by atoms with Crippen molar-refractivity contribution in [2.24, 2.45) is 5.41 Å². The van der Waals surface area contributed by atoms with Gasteiger partial charge in [0.05, 0.1) is 0 Å². The molecule has 4 heteroatoms. The van der Waals surface area contributed by atoms with E-state index in [4.69, 9.17) is 0 Å². The van der Waals surface area contributed by atoms with Crippen LogP contribution in [0.25, 0.3) is 0 Å². The SMILES string of the molecule is CC(NC1CCCC1(C)CO)c1ccc(F)cc1F. The van der Waals surface area contributed by atoms with Crippen LogP contribution < -0.4 is 5.32 Å². The van der Waals surface area contributed by atoms with Gasteiger partial charge < -0.3 is 10.4 Å². The zero-order valence-corrected chi connectivity index (χ0v) is 11.4. The lowest BCUT2D eigenvalue weighted by Crippen LogP contribution is -2.43. The molecule has 0 aromatic heterocycles. The summed E-state index contributed by atoms with van der Waals surface area (Å²) in [6, 6.07) is 3.63. The summed E-state index contributed by atoms with van der Waals surface area (Å²) in [7, 11) is 0. The normalized spacial score (nSPS) is 28.6. The van der Waals surface area contributed by atoms with Crippen molar-refractivity contribution in [1.29, 1.82) is 0 Å². The highest BCUT2D eigenvalue weighted by Crippen LogP contribution is 2.38. The van der Waals surface area contributed by atoms with Gasteiger partial charge in [-0.15, -0.1) is 0 Å². The van der Waals surface area contributed by atoms with E-state index in [1.165, 1.54) is 12.1 Å². The summed E-state index contributed by atoms with van der Waals surface area (Å²) in [6.07, 6.45) is 3.01. The van der Waals surface area contributed by atoms with Crippen LogP contribution in [0.1, 0.15) is 44.7 Å². The average molecular weight is 269 g/mol. The lowest BCUT2D eigenvalue weighted by atomic mass is 9.85. The van der Waals surface area contributed by atoms with Crippen molar-refractivity contribution < 1.29 is 13.9 Å². The highest BCUT2D eigenvalue weighted by Gasteiger charge is 2.38. The molecule has 0 bridgehead atoms. The molecule has 2 N–H and O–H groups in total. The monoisotopic (exact) mass is 269 g/mol. The van der Waals surface area contributed by atoms with Gasteiger partial charge in [-0.25, -0.2) is 8.78 Å². The molecule has 3 atom stereocenters. The molecule has 0 amide bonds. The minimum Gasteiger partial charge on any atom is -0.396 e. The maximum atomic E-state index is 13.7. The summed E-state index contributed by atoms with van der Waals surface area (Å²) in [6.45, 7) is 4.04. The van der Waals surface area contributed by atoms with Gasteiger partial charge in [-0.3, -0.25) is 0 Å². The summed E-state index contributed by atoms with van der Waals surface area (Å²) in [5.41, 5.74) is 0.318. The van der Waals surface area contributed by atoms with Gasteiger partial charge in [0.15, 0.2) is 0 Å². The molecule has 0 aliphatic heterocycles. The molecule has 0 heterocycles. The Labute approximate surface area is 112 Å². The first-order chi connectivity index (χ1) is 8.96. The molecule has 1 aromatic rings. The number of nitrogens with one attached hydrogen (secondary N) is 1. The van der Waals surface area contributed by atoms with Crippen LogP contribution >= 0.6 is 0 Å². The smallest absolute Gasteiger partial charge is 0.130 e. The first-order valence-electron chi connectivity index (χ1n) is 6.78. The van der Waals surface area contributed by atoms with Crippen molar-refractivity contribution >= 4 is 0 Å². The van der Waals surface area contributed by atoms with E-state index in [2.05, 4.69) is 5.32 Å². The van der Waals surface area contributed by atoms with Gasteiger partial charge in [-0.2, -0.15) is 0 Å². The summed E-state index contributed by atoms with van der Waals surface area (Å²) in [5, 5.41) is 12.9. The van der Waals surface area contributed by atoms with E-state index < -0.39 is 11.6 Å². The van der Waals surface area contributed by atoms with E-state index in [1.807, 2.05) is 13.8 Å². The zero-order chi connectivity index (χ0) is 14.0. The molecular formula is C15H21F2NO. The number of aliphatic hydroxyl groups is 1. The summed E-state index contributed by atoms with van der Waals surface area (Å²) >= 11 is 0. The topological polar surface area (TPSA) is 32.3 Å². The first-order valence-corrected chi connectivity index (χ1v) is 6.78. The fraction of sp³-hybridized carbons (Fsp3) is 0.600. The fourth-order valence-corrected chi connectivity index (χ4v) is 2.95. The van der Waals surface area contributed by atoms with Crippen molar-refractivity contribution in [3.8, 4) is 0 Å². The van der Waals surface area contributed by atoms with Crippen molar-refractivity contribution in [1.82, 2.24) is 5.32 Å². The Hall–Kier alpha value is -1.00. The summed E-state index contributed by atoms with van der Waals surface area (Å²) in [5.74, 6) is -1.08. The fourth-order valence-electron chi connectivity index (χ4n) is 2.95. The maximum absolute atomic E-state index is 13.7. The third-order valence-corrected chi connectivity index (χ3v) is 4.32. The molecule has 2 nitrogen and oxygen atoms in total. The Kier molecular flexibility index (Phi) is 4.21. The predicted octanol–water partition coefficient (Wildman–Crippen LogP) is 3.17. The van der Waals surface area contributed by atoms with E-state index in [0.29, 0.717) is 5.56 Å². The maximum Gasteiger partial charge on any atom is 0.130 e. The van der Waals surface area contributed by atoms with Crippen LogP contribution in [0, 0.1) is 17.0 Å². The molecule has 106 valence electrons. The number of aliphatic hydroxyl groups excluding tert-OH is 1. The molecule has 3 unspecified atom stereocenters. The van der Waals surface area contributed by atoms with Gasteiger partial charge in [0.25, 0.3) is 0 Å². The molecule has 0 spiro atoms. The second-order valence-electron chi connectivity index (χ2n) is 5.81. The van der Waals surface area contributed by atoms with Gasteiger partial charge in [-0.05, 0) is 25.8 Å². The van der Waals surface area contributed by atoms with Crippen LogP contribution in [0.5, 0.6) is 0 Å². The Balaban J connectivity index is 2.10. The third kappa shape index (κ3) is 2.95. The van der Waals surface area contributed by atoms with E-state index in [-0.39, 0.29) is 24.1 Å². The number of hydrogen-bond donors (Lipinski definition) is 2. The van der Waals surface area contributed by atoms with Gasteiger partial charge in [0.1, 0.15) is 11.6 Å². The van der Waals surface area contributed by atoms with Gasteiger partial charge in [0.2, 0.25) is 0 Å². The van der Waals surface area contributed by atoms with E-state index in [9.17, 15) is 13.9 Å². The Morgan fingerprint density at radius 1 is 1.47 bits per heavy atom. The standard InChI is InChI=1S/C15H21F2NO/c1-10(12-6-5-11(16)8-13(12)17)18-14-4-3-7-15(14,2)9-19/h5-6,8,10,14,18-19H,3-4,7,9H2,1-2H3. The van der Waals surface area contributed by atoms with Gasteiger partial charge >= 0.3 is 0 Å². The van der Waals surface area contributed by atoms with E-state index >= 15 is 0 Å². The number of halogens is 2. The zero-order valence-electron chi connectivity index (χ0n) is 11.4. The summed E-state index contributed by atoms with van der Waals surface area (Å²) in [4.78, 5) is 0. The lowest BCUT2D eigenvalue weighted by Gasteiger charge is -2.32. The third-order valence-electron chi connectivity index (χ3n) is 4.32. The van der Waals surface area contributed by atoms with Crippen molar-refractivity contribution in [2.45, 2.75) is 45.2 Å². The molecule has 1 saturated carbocycles. The molecule has 19 heavy (non-hydrogen) atoms. The Morgan fingerprint density at radius 2 is 2.21 bits per heavy atom. The molecule has 1 fully saturated rings. The van der Waals surface area contributed by atoms with E-state index in [1.54, 1.807) is 0 Å². The van der Waals surface area contributed by atoms with Crippen molar-refractivity contribution in [3.05, 3.63) is 35.4 Å². The highest BCUT2D eigenvalue weighted by molar-refractivity contribution is 5.22. The van der Waals surface area contributed by atoms with Crippen LogP contribution in [0.4, 0.5) is 8.78 Å². The van der Waals surface area contributed by atoms with Crippen molar-refractivity contribution in [3.63, 3.8) is 0 Å². The second-order valence-corrected chi connectivity index (χ2v) is 5.81. The van der Waals surface area contributed by atoms with Crippen LogP contribution in [0.15, 0.2) is 18.2 Å². The Morgan fingerprint density at radius 3 is 2.84 bits per heavy atom. The largest absolute Gasteiger partial charge is 0.396 e.